The van der Waals surface area contributed by atoms with E-state index in [1.807, 2.05) is 23.1 Å². The van der Waals surface area contributed by atoms with Crippen LogP contribution in [-0.2, 0) is 24.3 Å². The van der Waals surface area contributed by atoms with E-state index in [2.05, 4.69) is 43.0 Å². The maximum atomic E-state index is 12.9. The van der Waals surface area contributed by atoms with Crippen LogP contribution in [0.25, 0.3) is 0 Å². The molecule has 0 fully saturated rings. The van der Waals surface area contributed by atoms with Crippen molar-refractivity contribution in [2.75, 3.05) is 27.3 Å². The molecule has 1 aliphatic heterocycles. The Morgan fingerprint density at radius 1 is 1.07 bits per heavy atom. The molecule has 2 aromatic rings. The van der Waals surface area contributed by atoms with Gasteiger partial charge in [0.2, 0.25) is 5.91 Å². The molecule has 2 aromatic carbocycles. The summed E-state index contributed by atoms with van der Waals surface area (Å²) in [5.41, 5.74) is 3.66. The first-order valence-corrected chi connectivity index (χ1v) is 10.3. The van der Waals surface area contributed by atoms with Gasteiger partial charge in [0.1, 0.15) is 0 Å². The lowest BCUT2D eigenvalue weighted by Gasteiger charge is -2.31. The molecule has 0 atom stereocenters. The van der Waals surface area contributed by atoms with E-state index >= 15 is 0 Å². The Hall–Kier alpha value is -2.53. The highest BCUT2D eigenvalue weighted by Gasteiger charge is 2.23. The quantitative estimate of drug-likeness (QED) is 0.679. The Labute approximate surface area is 174 Å². The minimum Gasteiger partial charge on any atom is -0.493 e. The number of rotatable bonds is 8. The lowest BCUT2D eigenvalue weighted by Crippen LogP contribution is -2.39. The summed E-state index contributed by atoms with van der Waals surface area (Å²) in [5, 5.41) is 0. The normalized spacial score (nSPS) is 13.5. The Morgan fingerprint density at radius 3 is 2.34 bits per heavy atom. The summed E-state index contributed by atoms with van der Waals surface area (Å²) in [6.07, 6.45) is 1.38. The van der Waals surface area contributed by atoms with Crippen LogP contribution in [0.15, 0.2) is 42.5 Å². The summed E-state index contributed by atoms with van der Waals surface area (Å²) in [6.45, 7) is 7.39. The largest absolute Gasteiger partial charge is 0.493 e. The van der Waals surface area contributed by atoms with Gasteiger partial charge in [-0.2, -0.15) is 0 Å². The molecule has 0 unspecified atom stereocenters. The van der Waals surface area contributed by atoms with Gasteiger partial charge in [-0.3, -0.25) is 9.69 Å². The average Bonchev–Trinajstić information content (AvgIpc) is 2.75. The van der Waals surface area contributed by atoms with E-state index in [0.717, 1.165) is 43.1 Å². The van der Waals surface area contributed by atoms with Crippen LogP contribution in [0, 0.1) is 0 Å². The van der Waals surface area contributed by atoms with Crippen molar-refractivity contribution in [2.45, 2.75) is 45.8 Å². The smallest absolute Gasteiger partial charge is 0.224 e. The van der Waals surface area contributed by atoms with E-state index in [1.54, 1.807) is 14.2 Å². The molecule has 0 spiro atoms. The molecule has 0 aromatic heterocycles. The highest BCUT2D eigenvalue weighted by molar-refractivity contribution is 5.76. The zero-order valence-electron chi connectivity index (χ0n) is 18.0. The predicted octanol–water partition coefficient (Wildman–Crippen LogP) is 3.89. The molecule has 29 heavy (non-hydrogen) atoms. The van der Waals surface area contributed by atoms with Crippen molar-refractivity contribution in [3.8, 4) is 11.5 Å². The minimum atomic E-state index is 0.212. The third-order valence-electron chi connectivity index (χ3n) is 5.64. The molecule has 0 aliphatic carbocycles. The van der Waals surface area contributed by atoms with Crippen LogP contribution in [0.4, 0.5) is 0 Å². The molecule has 0 radical (unpaired) electrons. The minimum absolute atomic E-state index is 0.212. The molecule has 5 nitrogen and oxygen atoms in total. The van der Waals surface area contributed by atoms with Crippen LogP contribution in [-0.4, -0.2) is 49.1 Å². The molecule has 1 heterocycles. The second-order valence-corrected chi connectivity index (χ2v) is 7.84. The molecule has 0 saturated carbocycles. The highest BCUT2D eigenvalue weighted by atomic mass is 16.5. The molecule has 1 aliphatic rings. The monoisotopic (exact) mass is 396 g/mol. The fraction of sp³-hybridized carbons (Fsp3) is 0.458. The van der Waals surface area contributed by atoms with E-state index < -0.39 is 0 Å². The van der Waals surface area contributed by atoms with Gasteiger partial charge in [-0.1, -0.05) is 30.3 Å². The Kier molecular flexibility index (Phi) is 7.15. The van der Waals surface area contributed by atoms with E-state index in [-0.39, 0.29) is 5.91 Å². The van der Waals surface area contributed by atoms with Crippen LogP contribution in [0.5, 0.6) is 11.5 Å². The molecular formula is C24H32N2O3. The Balaban J connectivity index is 1.61. The van der Waals surface area contributed by atoms with E-state index in [0.29, 0.717) is 19.0 Å². The average molecular weight is 397 g/mol. The van der Waals surface area contributed by atoms with Crippen molar-refractivity contribution in [3.05, 3.63) is 59.2 Å². The van der Waals surface area contributed by atoms with Gasteiger partial charge in [-0.25, -0.2) is 0 Å². The van der Waals surface area contributed by atoms with Crippen LogP contribution < -0.4 is 9.47 Å². The van der Waals surface area contributed by atoms with Crippen LogP contribution in [0.1, 0.15) is 37.0 Å². The third-order valence-corrected chi connectivity index (χ3v) is 5.64. The molecule has 156 valence electrons. The number of hydrogen-bond acceptors (Lipinski definition) is 4. The number of ether oxygens (including phenoxy) is 2. The fourth-order valence-electron chi connectivity index (χ4n) is 3.83. The van der Waals surface area contributed by atoms with E-state index in [4.69, 9.17) is 9.47 Å². The van der Waals surface area contributed by atoms with E-state index in [1.165, 1.54) is 11.1 Å². The maximum absolute atomic E-state index is 12.9. The first-order valence-electron chi connectivity index (χ1n) is 10.3. The van der Waals surface area contributed by atoms with Gasteiger partial charge in [0.05, 0.1) is 14.2 Å². The number of benzene rings is 2. The number of fused-ring (bicyclic) bond motifs is 1. The number of carbonyl (C=O) groups is 1. The lowest BCUT2D eigenvalue weighted by atomic mass is 9.98. The SMILES string of the molecule is COc1cc2c(cc1OC)CN(C(=O)CCN(Cc1ccccc1)C(C)C)CC2. The summed E-state index contributed by atoms with van der Waals surface area (Å²) in [4.78, 5) is 17.2. The molecule has 0 saturated heterocycles. The summed E-state index contributed by atoms with van der Waals surface area (Å²) >= 11 is 0. The molecule has 0 N–H and O–H groups in total. The highest BCUT2D eigenvalue weighted by Crippen LogP contribution is 2.33. The third kappa shape index (κ3) is 5.30. The number of hydrogen-bond donors (Lipinski definition) is 0. The second kappa shape index (κ2) is 9.79. The zero-order valence-corrected chi connectivity index (χ0v) is 18.0. The molecule has 5 heteroatoms. The van der Waals surface area contributed by atoms with Crippen LogP contribution in [0.2, 0.25) is 0 Å². The van der Waals surface area contributed by atoms with Gasteiger partial charge < -0.3 is 14.4 Å². The van der Waals surface area contributed by atoms with Crippen molar-refractivity contribution in [1.29, 1.82) is 0 Å². The van der Waals surface area contributed by atoms with Crippen molar-refractivity contribution >= 4 is 5.91 Å². The van der Waals surface area contributed by atoms with Crippen LogP contribution >= 0.6 is 0 Å². The molecular weight excluding hydrogens is 364 g/mol. The van der Waals surface area contributed by atoms with Crippen molar-refractivity contribution in [3.63, 3.8) is 0 Å². The van der Waals surface area contributed by atoms with Crippen LogP contribution in [0.3, 0.4) is 0 Å². The standard InChI is InChI=1S/C24H32N2O3/c1-18(2)25(16-19-8-6-5-7-9-19)13-11-24(27)26-12-10-20-14-22(28-3)23(29-4)15-21(20)17-26/h5-9,14-15,18H,10-13,16-17H2,1-4H3. The topological polar surface area (TPSA) is 42.0 Å². The van der Waals surface area contributed by atoms with Crippen molar-refractivity contribution < 1.29 is 14.3 Å². The predicted molar refractivity (Wildman–Crippen MR) is 115 cm³/mol. The summed E-state index contributed by atoms with van der Waals surface area (Å²) in [7, 11) is 3.29. The first kappa shape index (κ1) is 21.2. The summed E-state index contributed by atoms with van der Waals surface area (Å²) < 4.78 is 10.8. The number of methoxy groups -OCH3 is 2. The zero-order chi connectivity index (χ0) is 20.8. The number of carbonyl (C=O) groups excluding carboxylic acids is 1. The Morgan fingerprint density at radius 2 is 1.72 bits per heavy atom. The fourth-order valence-corrected chi connectivity index (χ4v) is 3.83. The van der Waals surface area contributed by atoms with Gasteiger partial charge >= 0.3 is 0 Å². The van der Waals surface area contributed by atoms with Crippen molar-refractivity contribution in [2.24, 2.45) is 0 Å². The van der Waals surface area contributed by atoms with Gasteiger partial charge in [0, 0.05) is 38.6 Å². The molecule has 3 rings (SSSR count). The molecule has 0 bridgehead atoms. The number of nitrogens with zero attached hydrogens (tertiary/aromatic N) is 2. The van der Waals surface area contributed by atoms with Gasteiger partial charge in [-0.15, -0.1) is 0 Å². The Bertz CT molecular complexity index is 820. The second-order valence-electron chi connectivity index (χ2n) is 7.84. The van der Waals surface area contributed by atoms with Gasteiger partial charge in [0.25, 0.3) is 0 Å². The summed E-state index contributed by atoms with van der Waals surface area (Å²) in [5.74, 6) is 1.68. The first-order chi connectivity index (χ1) is 14.0. The van der Waals surface area contributed by atoms with Gasteiger partial charge in [0.15, 0.2) is 11.5 Å². The number of amides is 1. The lowest BCUT2D eigenvalue weighted by molar-refractivity contribution is -0.132. The van der Waals surface area contributed by atoms with E-state index in [9.17, 15) is 4.79 Å². The summed E-state index contributed by atoms with van der Waals surface area (Å²) in [6, 6.07) is 14.9. The molecule has 1 amide bonds. The van der Waals surface area contributed by atoms with Gasteiger partial charge in [-0.05, 0) is 49.1 Å². The van der Waals surface area contributed by atoms with Crippen molar-refractivity contribution in [1.82, 2.24) is 9.80 Å². The maximum Gasteiger partial charge on any atom is 0.224 e.